The van der Waals surface area contributed by atoms with Crippen LogP contribution >= 0.6 is 0 Å². The molecule has 5 nitrogen and oxygen atoms in total. The zero-order chi connectivity index (χ0) is 15.2. The topological polar surface area (TPSA) is 65.1 Å². The number of aryl methyl sites for hydroxylation is 1. The van der Waals surface area contributed by atoms with E-state index in [9.17, 15) is 0 Å². The normalized spacial score (nSPS) is 15.3. The highest BCUT2D eigenvalue weighted by molar-refractivity contribution is 5.07. The molecule has 2 unspecified atom stereocenters. The van der Waals surface area contributed by atoms with Crippen molar-refractivity contribution in [3.8, 4) is 0 Å². The SMILES string of the molecule is COCCCn1nccc1C(CC(C)C(C)(C)C)NN. The van der Waals surface area contributed by atoms with Gasteiger partial charge in [0.2, 0.25) is 0 Å². The lowest BCUT2D eigenvalue weighted by atomic mass is 9.78. The van der Waals surface area contributed by atoms with E-state index in [0.717, 1.165) is 31.7 Å². The molecule has 1 heterocycles. The van der Waals surface area contributed by atoms with Crippen LogP contribution in [0.5, 0.6) is 0 Å². The fourth-order valence-corrected chi connectivity index (χ4v) is 2.17. The minimum atomic E-state index is 0.134. The molecule has 3 N–H and O–H groups in total. The zero-order valence-electron chi connectivity index (χ0n) is 13.5. The summed E-state index contributed by atoms with van der Waals surface area (Å²) in [5, 5.41) is 4.39. The molecule has 1 aromatic rings. The molecule has 2 atom stereocenters. The summed E-state index contributed by atoms with van der Waals surface area (Å²) in [4.78, 5) is 0. The van der Waals surface area contributed by atoms with Gasteiger partial charge in [0, 0.05) is 26.5 Å². The quantitative estimate of drug-likeness (QED) is 0.437. The molecule has 0 aliphatic carbocycles. The second-order valence-corrected chi connectivity index (χ2v) is 6.55. The van der Waals surface area contributed by atoms with E-state index in [0.29, 0.717) is 5.92 Å². The minimum absolute atomic E-state index is 0.134. The van der Waals surface area contributed by atoms with Crippen molar-refractivity contribution < 1.29 is 4.74 Å². The van der Waals surface area contributed by atoms with Crippen molar-refractivity contribution in [1.82, 2.24) is 15.2 Å². The first-order valence-corrected chi connectivity index (χ1v) is 7.37. The van der Waals surface area contributed by atoms with Gasteiger partial charge in [-0.1, -0.05) is 27.7 Å². The van der Waals surface area contributed by atoms with Gasteiger partial charge < -0.3 is 4.74 Å². The summed E-state index contributed by atoms with van der Waals surface area (Å²) in [5.41, 5.74) is 4.37. The molecule has 0 saturated carbocycles. The van der Waals surface area contributed by atoms with Gasteiger partial charge in [0.15, 0.2) is 0 Å². The lowest BCUT2D eigenvalue weighted by molar-refractivity contribution is 0.187. The van der Waals surface area contributed by atoms with Crippen LogP contribution in [0, 0.1) is 11.3 Å². The van der Waals surface area contributed by atoms with Crippen LogP contribution < -0.4 is 11.3 Å². The van der Waals surface area contributed by atoms with E-state index in [4.69, 9.17) is 10.6 Å². The highest BCUT2D eigenvalue weighted by atomic mass is 16.5. The van der Waals surface area contributed by atoms with Crippen molar-refractivity contribution in [1.29, 1.82) is 0 Å². The Balaban J connectivity index is 2.72. The number of nitrogens with two attached hydrogens (primary N) is 1. The molecule has 0 spiro atoms. The number of ether oxygens (including phenoxy) is 1. The fourth-order valence-electron chi connectivity index (χ4n) is 2.17. The second kappa shape index (κ2) is 7.76. The van der Waals surface area contributed by atoms with Gasteiger partial charge in [-0.15, -0.1) is 0 Å². The smallest absolute Gasteiger partial charge is 0.0631 e. The molecule has 0 aliphatic rings. The summed E-state index contributed by atoms with van der Waals surface area (Å²) in [7, 11) is 1.72. The summed E-state index contributed by atoms with van der Waals surface area (Å²) in [5.74, 6) is 6.32. The predicted octanol–water partition coefficient (Wildman–Crippen LogP) is 2.50. The number of methoxy groups -OCH3 is 1. The van der Waals surface area contributed by atoms with Gasteiger partial charge in [0.1, 0.15) is 0 Å². The molecule has 0 bridgehead atoms. The maximum absolute atomic E-state index is 5.76. The van der Waals surface area contributed by atoms with Crippen molar-refractivity contribution in [3.05, 3.63) is 18.0 Å². The van der Waals surface area contributed by atoms with Gasteiger partial charge in [0.25, 0.3) is 0 Å². The van der Waals surface area contributed by atoms with Crippen molar-refractivity contribution in [3.63, 3.8) is 0 Å². The summed E-state index contributed by atoms with van der Waals surface area (Å²) < 4.78 is 7.12. The Bertz CT molecular complexity index is 383. The number of nitrogens with one attached hydrogen (secondary N) is 1. The van der Waals surface area contributed by atoms with E-state index in [1.165, 1.54) is 0 Å². The monoisotopic (exact) mass is 282 g/mol. The van der Waals surface area contributed by atoms with E-state index < -0.39 is 0 Å². The van der Waals surface area contributed by atoms with Crippen molar-refractivity contribution in [2.75, 3.05) is 13.7 Å². The van der Waals surface area contributed by atoms with Crippen LogP contribution in [0.25, 0.3) is 0 Å². The van der Waals surface area contributed by atoms with Crippen LogP contribution in [0.15, 0.2) is 12.3 Å². The average Bonchev–Trinajstić information content (AvgIpc) is 2.83. The molecule has 1 rings (SSSR count). The Morgan fingerprint density at radius 1 is 1.45 bits per heavy atom. The van der Waals surface area contributed by atoms with Gasteiger partial charge in [-0.25, -0.2) is 0 Å². The molecule has 0 amide bonds. The third kappa shape index (κ3) is 4.89. The highest BCUT2D eigenvalue weighted by Crippen LogP contribution is 2.32. The standard InChI is InChI=1S/C15H30N4O/c1-12(15(2,3)4)11-13(18-16)14-7-8-17-19(14)9-6-10-20-5/h7-8,12-13,18H,6,9-11,16H2,1-5H3. The average molecular weight is 282 g/mol. The first-order chi connectivity index (χ1) is 9.40. The highest BCUT2D eigenvalue weighted by Gasteiger charge is 2.25. The number of hydrogen-bond acceptors (Lipinski definition) is 4. The van der Waals surface area contributed by atoms with Crippen LogP contribution in [0.2, 0.25) is 0 Å². The van der Waals surface area contributed by atoms with Gasteiger partial charge in [-0.2, -0.15) is 5.10 Å². The molecule has 0 fully saturated rings. The number of hydrazine groups is 1. The Morgan fingerprint density at radius 3 is 2.70 bits per heavy atom. The molecule has 0 radical (unpaired) electrons. The molecule has 5 heteroatoms. The molecule has 20 heavy (non-hydrogen) atoms. The Morgan fingerprint density at radius 2 is 2.15 bits per heavy atom. The molecule has 1 aromatic heterocycles. The molecule has 0 saturated heterocycles. The molecular weight excluding hydrogens is 252 g/mol. The maximum Gasteiger partial charge on any atom is 0.0631 e. The van der Waals surface area contributed by atoms with E-state index in [-0.39, 0.29) is 11.5 Å². The molecular formula is C15H30N4O. The van der Waals surface area contributed by atoms with Gasteiger partial charge >= 0.3 is 0 Å². The van der Waals surface area contributed by atoms with Gasteiger partial charge in [-0.3, -0.25) is 16.0 Å². The Hall–Kier alpha value is -0.910. The second-order valence-electron chi connectivity index (χ2n) is 6.55. The Labute approximate surface area is 122 Å². The van der Waals surface area contributed by atoms with Gasteiger partial charge in [-0.05, 0) is 30.2 Å². The zero-order valence-corrected chi connectivity index (χ0v) is 13.5. The first kappa shape index (κ1) is 17.1. The van der Waals surface area contributed by atoms with E-state index in [1.807, 2.05) is 16.9 Å². The van der Waals surface area contributed by atoms with Crippen LogP contribution in [0.3, 0.4) is 0 Å². The number of hydrogen-bond donors (Lipinski definition) is 2. The van der Waals surface area contributed by atoms with Crippen LogP contribution in [0.4, 0.5) is 0 Å². The molecule has 0 aromatic carbocycles. The van der Waals surface area contributed by atoms with Crippen molar-refractivity contribution in [2.45, 2.75) is 53.1 Å². The number of aromatic nitrogens is 2. The van der Waals surface area contributed by atoms with Crippen LogP contribution in [-0.2, 0) is 11.3 Å². The molecule has 0 aliphatic heterocycles. The largest absolute Gasteiger partial charge is 0.385 e. The van der Waals surface area contributed by atoms with E-state index in [1.54, 1.807) is 7.11 Å². The summed E-state index contributed by atoms with van der Waals surface area (Å²) >= 11 is 0. The minimum Gasteiger partial charge on any atom is -0.385 e. The number of nitrogens with zero attached hydrogens (tertiary/aromatic N) is 2. The van der Waals surface area contributed by atoms with Crippen LogP contribution in [-0.4, -0.2) is 23.5 Å². The van der Waals surface area contributed by atoms with Crippen molar-refractivity contribution >= 4 is 0 Å². The summed E-state index contributed by atoms with van der Waals surface area (Å²) in [6.45, 7) is 10.7. The summed E-state index contributed by atoms with van der Waals surface area (Å²) in [6, 6.07) is 2.18. The third-order valence-corrected chi connectivity index (χ3v) is 4.09. The van der Waals surface area contributed by atoms with E-state index >= 15 is 0 Å². The predicted molar refractivity (Wildman–Crippen MR) is 82.0 cm³/mol. The maximum atomic E-state index is 5.76. The Kier molecular flexibility index (Phi) is 6.65. The lowest BCUT2D eigenvalue weighted by Gasteiger charge is -2.30. The lowest BCUT2D eigenvalue weighted by Crippen LogP contribution is -2.33. The molecule has 116 valence electrons. The first-order valence-electron chi connectivity index (χ1n) is 7.37. The number of rotatable bonds is 8. The third-order valence-electron chi connectivity index (χ3n) is 4.09. The van der Waals surface area contributed by atoms with Crippen molar-refractivity contribution in [2.24, 2.45) is 17.2 Å². The van der Waals surface area contributed by atoms with Crippen LogP contribution in [0.1, 0.15) is 52.3 Å². The van der Waals surface area contributed by atoms with Gasteiger partial charge in [0.05, 0.1) is 11.7 Å². The fraction of sp³-hybridized carbons (Fsp3) is 0.800. The summed E-state index contributed by atoms with van der Waals surface area (Å²) in [6.07, 6.45) is 3.79. The van der Waals surface area contributed by atoms with E-state index in [2.05, 4.69) is 38.2 Å².